The van der Waals surface area contributed by atoms with Crippen LogP contribution in [0.25, 0.3) is 10.8 Å². The lowest BCUT2D eigenvalue weighted by molar-refractivity contribution is -0.157. The van der Waals surface area contributed by atoms with Gasteiger partial charge in [-0.1, -0.05) is 50.6 Å². The van der Waals surface area contributed by atoms with Crippen LogP contribution in [0.15, 0.2) is 36.4 Å². The molecule has 3 fully saturated rings. The molecule has 0 radical (unpaired) electrons. The summed E-state index contributed by atoms with van der Waals surface area (Å²) in [6, 6.07) is 4.48. The van der Waals surface area contributed by atoms with Crippen LogP contribution >= 0.6 is 0 Å². The van der Waals surface area contributed by atoms with E-state index in [9.17, 15) is 27.9 Å². The predicted octanol–water partition coefficient (Wildman–Crippen LogP) is 5.97. The molecular formula is C43H57F2N5O9S. The molecule has 0 spiro atoms. The third-order valence-electron chi connectivity index (χ3n) is 13.8. The number of nitrogens with one attached hydrogen (secondary N) is 2. The fourth-order valence-corrected chi connectivity index (χ4v) is 10.5. The van der Waals surface area contributed by atoms with Crippen molar-refractivity contribution in [2.24, 2.45) is 17.8 Å². The molecule has 2 saturated carbocycles. The van der Waals surface area contributed by atoms with Crippen molar-refractivity contribution in [2.45, 2.75) is 146 Å². The van der Waals surface area contributed by atoms with Crippen molar-refractivity contribution >= 4 is 44.6 Å². The van der Waals surface area contributed by atoms with Crippen molar-refractivity contribution in [2.75, 3.05) is 13.2 Å². The molecule has 17 heteroatoms. The van der Waals surface area contributed by atoms with E-state index in [-0.39, 0.29) is 37.6 Å². The maximum absolute atomic E-state index is 15.5. The number of sulfonamides is 1. The first-order valence-electron chi connectivity index (χ1n) is 21.1. The Labute approximate surface area is 349 Å². The van der Waals surface area contributed by atoms with E-state index >= 15 is 13.6 Å². The van der Waals surface area contributed by atoms with Crippen molar-refractivity contribution in [3.05, 3.63) is 42.0 Å². The summed E-state index contributed by atoms with van der Waals surface area (Å²) in [5, 5.41) is 15.1. The fraction of sp³-hybridized carbons (Fsp3) is 0.651. The van der Waals surface area contributed by atoms with Crippen LogP contribution in [-0.4, -0.2) is 105 Å². The Morgan fingerprint density at radius 1 is 1.15 bits per heavy atom. The number of carboxylic acid groups (broad SMARTS) is 1. The second-order valence-corrected chi connectivity index (χ2v) is 20.6. The van der Waals surface area contributed by atoms with Crippen molar-refractivity contribution < 1.29 is 51.0 Å². The second kappa shape index (κ2) is 15.7. The molecule has 1 saturated heterocycles. The molecule has 3 N–H and O–H groups in total. The van der Waals surface area contributed by atoms with Gasteiger partial charge in [0.25, 0.3) is 11.8 Å². The zero-order valence-corrected chi connectivity index (χ0v) is 35.9. The smallest absolute Gasteiger partial charge is 0.408 e. The number of nitrogens with zero attached hydrogens (tertiary/aromatic N) is 3. The molecule has 60 heavy (non-hydrogen) atoms. The largest absolute Gasteiger partial charge is 0.477 e. The molecule has 4 amide bonds. The van der Waals surface area contributed by atoms with E-state index in [0.29, 0.717) is 61.8 Å². The number of benzene rings is 1. The number of ether oxygens (including phenoxy) is 2. The lowest BCUT2D eigenvalue weighted by atomic mass is 9.81. The van der Waals surface area contributed by atoms with E-state index < -0.39 is 85.6 Å². The Hall–Kier alpha value is -4.54. The van der Waals surface area contributed by atoms with E-state index in [1.54, 1.807) is 19.9 Å². The molecule has 7 rings (SSSR count). The van der Waals surface area contributed by atoms with Gasteiger partial charge in [0.1, 0.15) is 29.3 Å². The molecule has 2 aliphatic carbocycles. The summed E-state index contributed by atoms with van der Waals surface area (Å²) in [6.45, 7) is 8.29. The molecule has 0 bridgehead atoms. The number of aryl methyl sites for hydroxylation is 1. The average molecular weight is 858 g/mol. The molecule has 5 aliphatic rings. The highest BCUT2D eigenvalue weighted by molar-refractivity contribution is 7.91. The first-order chi connectivity index (χ1) is 28.1. The second-order valence-electron chi connectivity index (χ2n) is 18.4. The third kappa shape index (κ3) is 7.90. The highest BCUT2D eigenvalue weighted by Crippen LogP contribution is 2.48. The number of alkyl halides is 2. The number of hydrogen-bond acceptors (Lipinski definition) is 9. The number of fused-ring (bicyclic) bond motifs is 5. The summed E-state index contributed by atoms with van der Waals surface area (Å²) < 4.78 is 71.2. The Bertz CT molecular complexity index is 2190. The van der Waals surface area contributed by atoms with Crippen LogP contribution in [0.2, 0.25) is 0 Å². The molecule has 1 aromatic carbocycles. The topological polar surface area (TPSA) is 185 Å². The van der Waals surface area contributed by atoms with Gasteiger partial charge >= 0.3 is 6.09 Å². The maximum Gasteiger partial charge on any atom is 0.408 e. The summed E-state index contributed by atoms with van der Waals surface area (Å²) in [4.78, 5) is 63.9. The standard InChI is InChI=1S/C43H57F2N5O9S/c1-7-26-21-25(2)13-8-9-14-27-23-43(27,38(53)48-60(56,57)41(5)18-19-41)47-34(51)32-22-28(24-49(32)37(52)33(26)50(39(54)55)40(3,4)42(6,44)45)59-36-31-16-11-10-15-29(31)30-17-12-20-58-35(30)46-36/h9-11,14-16,25-28,32-33H,7-8,12-13,17-24H2,1-6H3,(H,47,51)(H,48,53)(H,54,55)/b14-9-/t25-,26-,27-,28-,32+,33+,43-/m1/s1. The Kier molecular flexibility index (Phi) is 11.4. The number of allylic oxidation sites excluding steroid dienone is 1. The summed E-state index contributed by atoms with van der Waals surface area (Å²) in [6.07, 6.45) is 5.02. The van der Waals surface area contributed by atoms with Gasteiger partial charge in [-0.3, -0.25) is 24.0 Å². The van der Waals surface area contributed by atoms with Crippen LogP contribution in [0.1, 0.15) is 105 Å². The van der Waals surface area contributed by atoms with Gasteiger partial charge in [0, 0.05) is 30.2 Å². The van der Waals surface area contributed by atoms with Gasteiger partial charge < -0.3 is 24.8 Å². The van der Waals surface area contributed by atoms with Gasteiger partial charge in [-0.25, -0.2) is 22.0 Å². The van der Waals surface area contributed by atoms with Crippen molar-refractivity contribution in [1.29, 1.82) is 0 Å². The first kappa shape index (κ1) is 43.5. The highest BCUT2D eigenvalue weighted by atomic mass is 32.2. The number of carbonyl (C=O) groups excluding carboxylic acids is 3. The number of halogens is 2. The van der Waals surface area contributed by atoms with Crippen LogP contribution in [-0.2, 0) is 30.8 Å². The van der Waals surface area contributed by atoms with Crippen LogP contribution < -0.4 is 19.5 Å². The third-order valence-corrected chi connectivity index (χ3v) is 15.9. The number of amides is 4. The molecule has 14 nitrogen and oxygen atoms in total. The van der Waals surface area contributed by atoms with Crippen molar-refractivity contribution in [3.63, 3.8) is 0 Å². The van der Waals surface area contributed by atoms with E-state index in [1.165, 1.54) is 4.90 Å². The average Bonchev–Trinajstić information content (AvgIpc) is 4.07. The molecule has 1 aromatic heterocycles. The zero-order chi connectivity index (χ0) is 43.6. The lowest BCUT2D eigenvalue weighted by Crippen LogP contribution is -2.67. The van der Waals surface area contributed by atoms with Gasteiger partial charge in [0.15, 0.2) is 0 Å². The zero-order valence-electron chi connectivity index (χ0n) is 35.1. The SMILES string of the molecule is CC[C@@H]1C[C@H](C)CC/C=C\[C@@H]2C[C@@]2(C(=O)NS(=O)(=O)C2(C)CC2)NC(=O)[C@@H]2C[C@@H](Oc3nc4c(c5ccccc35)CCCO4)CN2C(=O)[C@H]1N(C(=O)O)C(C)(C)C(C)(F)F. The quantitative estimate of drug-likeness (QED) is 0.254. The monoisotopic (exact) mass is 857 g/mol. The lowest BCUT2D eigenvalue weighted by Gasteiger charge is -2.47. The number of rotatable bonds is 9. The van der Waals surface area contributed by atoms with Gasteiger partial charge in [-0.15, -0.1) is 0 Å². The molecule has 4 heterocycles. The summed E-state index contributed by atoms with van der Waals surface area (Å²) in [5.41, 5.74) is -3.10. The van der Waals surface area contributed by atoms with Crippen LogP contribution in [0, 0.1) is 17.8 Å². The van der Waals surface area contributed by atoms with Crippen molar-refractivity contribution in [1.82, 2.24) is 24.8 Å². The summed E-state index contributed by atoms with van der Waals surface area (Å²) in [5.74, 6) is -6.90. The number of aromatic nitrogens is 1. The van der Waals surface area contributed by atoms with Gasteiger partial charge in [0.2, 0.25) is 33.6 Å². The van der Waals surface area contributed by atoms with Crippen LogP contribution in [0.4, 0.5) is 13.6 Å². The Balaban J connectivity index is 1.31. The van der Waals surface area contributed by atoms with E-state index in [0.717, 1.165) is 37.6 Å². The maximum atomic E-state index is 15.5. The normalized spacial score (nSPS) is 30.0. The van der Waals surface area contributed by atoms with Gasteiger partial charge in [-0.05, 0) is 95.4 Å². The van der Waals surface area contributed by atoms with E-state index in [1.807, 2.05) is 37.3 Å². The molecule has 7 atom stereocenters. The van der Waals surface area contributed by atoms with Gasteiger partial charge in [-0.2, -0.15) is 4.98 Å². The minimum atomic E-state index is -4.09. The Morgan fingerprint density at radius 2 is 1.85 bits per heavy atom. The van der Waals surface area contributed by atoms with E-state index in [4.69, 9.17) is 14.5 Å². The number of hydrogen-bond donors (Lipinski definition) is 3. The summed E-state index contributed by atoms with van der Waals surface area (Å²) in [7, 11) is -4.09. The number of carbonyl (C=O) groups is 4. The molecule has 0 unspecified atom stereocenters. The molecule has 2 aromatic rings. The Morgan fingerprint density at radius 3 is 2.50 bits per heavy atom. The van der Waals surface area contributed by atoms with Crippen LogP contribution in [0.5, 0.6) is 11.8 Å². The first-order valence-corrected chi connectivity index (χ1v) is 22.6. The minimum Gasteiger partial charge on any atom is -0.477 e. The van der Waals surface area contributed by atoms with E-state index in [2.05, 4.69) is 10.0 Å². The number of pyridine rings is 1. The molecular weight excluding hydrogens is 801 g/mol. The minimum absolute atomic E-state index is 0.0894. The highest BCUT2D eigenvalue weighted by Gasteiger charge is 2.63. The molecule has 3 aliphatic heterocycles. The van der Waals surface area contributed by atoms with Gasteiger partial charge in [0.05, 0.1) is 17.9 Å². The fourth-order valence-electron chi connectivity index (χ4n) is 9.14. The van der Waals surface area contributed by atoms with Crippen molar-refractivity contribution in [3.8, 4) is 11.8 Å². The van der Waals surface area contributed by atoms with Crippen LogP contribution in [0.3, 0.4) is 0 Å². The molecule has 328 valence electrons. The predicted molar refractivity (Wildman–Crippen MR) is 218 cm³/mol. The summed E-state index contributed by atoms with van der Waals surface area (Å²) >= 11 is 0.